The van der Waals surface area contributed by atoms with Crippen molar-refractivity contribution in [1.82, 2.24) is 15.5 Å². The van der Waals surface area contributed by atoms with Crippen LogP contribution < -0.4 is 10.6 Å². The smallest absolute Gasteiger partial charge is 0.191 e. The van der Waals surface area contributed by atoms with E-state index >= 15 is 0 Å². The molecule has 7 nitrogen and oxygen atoms in total. The molecule has 3 fully saturated rings. The second-order valence-electron chi connectivity index (χ2n) is 7.88. The molecule has 0 aromatic heterocycles. The van der Waals surface area contributed by atoms with Crippen LogP contribution >= 0.6 is 24.0 Å². The Morgan fingerprint density at radius 3 is 2.89 bits per heavy atom. The molecular weight excluding hydrogens is 471 g/mol. The SMILES string of the molecule is CCNC(=NCC1CN2CCCC2CO1)NCCCOCC1CCOCC1.I. The maximum Gasteiger partial charge on any atom is 0.191 e. The Hall–Kier alpha value is -0.160. The fraction of sp³-hybridized carbons (Fsp3) is 0.950. The molecule has 0 saturated carbocycles. The lowest BCUT2D eigenvalue weighted by Crippen LogP contribution is -2.47. The van der Waals surface area contributed by atoms with Gasteiger partial charge in [-0.3, -0.25) is 9.89 Å². The molecule has 0 spiro atoms. The van der Waals surface area contributed by atoms with Gasteiger partial charge in [-0.1, -0.05) is 0 Å². The molecule has 0 aromatic rings. The normalized spacial score (nSPS) is 26.5. The molecule has 0 radical (unpaired) electrons. The predicted molar refractivity (Wildman–Crippen MR) is 123 cm³/mol. The number of nitrogens with one attached hydrogen (secondary N) is 2. The Labute approximate surface area is 187 Å². The number of morpholine rings is 1. The summed E-state index contributed by atoms with van der Waals surface area (Å²) in [6.45, 7) is 11.1. The van der Waals surface area contributed by atoms with Gasteiger partial charge in [-0.25, -0.2) is 0 Å². The quantitative estimate of drug-likeness (QED) is 0.214. The first-order chi connectivity index (χ1) is 13.3. The van der Waals surface area contributed by atoms with Crippen LogP contribution in [-0.4, -0.2) is 88.8 Å². The van der Waals surface area contributed by atoms with Crippen LogP contribution in [0.15, 0.2) is 4.99 Å². The summed E-state index contributed by atoms with van der Waals surface area (Å²) in [6.07, 6.45) is 6.08. The molecule has 3 aliphatic heterocycles. The van der Waals surface area contributed by atoms with E-state index in [1.807, 2.05) is 0 Å². The standard InChI is InChI=1S/C20H38N4O3.HI/c1-2-21-20(22-8-4-10-26-15-17-6-11-25-12-7-17)23-13-19-14-24-9-3-5-18(24)16-27-19;/h17-19H,2-16H2,1H3,(H2,21,22,23);1H. The van der Waals surface area contributed by atoms with Gasteiger partial charge in [0.05, 0.1) is 19.3 Å². The summed E-state index contributed by atoms with van der Waals surface area (Å²) in [4.78, 5) is 7.30. The van der Waals surface area contributed by atoms with E-state index in [9.17, 15) is 0 Å². The van der Waals surface area contributed by atoms with Crippen LogP contribution in [0.3, 0.4) is 0 Å². The molecule has 164 valence electrons. The Morgan fingerprint density at radius 1 is 1.21 bits per heavy atom. The van der Waals surface area contributed by atoms with E-state index in [0.717, 1.165) is 84.4 Å². The highest BCUT2D eigenvalue weighted by molar-refractivity contribution is 14.0. The minimum atomic E-state index is 0. The van der Waals surface area contributed by atoms with Crippen molar-refractivity contribution >= 4 is 29.9 Å². The summed E-state index contributed by atoms with van der Waals surface area (Å²) in [7, 11) is 0. The zero-order chi connectivity index (χ0) is 18.7. The van der Waals surface area contributed by atoms with Crippen LogP contribution in [-0.2, 0) is 14.2 Å². The summed E-state index contributed by atoms with van der Waals surface area (Å²) in [5.74, 6) is 1.56. The largest absolute Gasteiger partial charge is 0.381 e. The molecule has 8 heteroatoms. The Morgan fingerprint density at radius 2 is 2.07 bits per heavy atom. The molecule has 2 atom stereocenters. The fourth-order valence-electron chi connectivity index (χ4n) is 4.08. The minimum absolute atomic E-state index is 0. The number of hydrogen-bond donors (Lipinski definition) is 2. The van der Waals surface area contributed by atoms with Crippen molar-refractivity contribution in [3.63, 3.8) is 0 Å². The molecule has 2 N–H and O–H groups in total. The molecular formula is C20H39IN4O3. The van der Waals surface area contributed by atoms with Gasteiger partial charge in [0.2, 0.25) is 0 Å². The van der Waals surface area contributed by atoms with E-state index in [2.05, 4.69) is 22.5 Å². The highest BCUT2D eigenvalue weighted by atomic mass is 127. The van der Waals surface area contributed by atoms with Crippen LogP contribution in [0.5, 0.6) is 0 Å². The van der Waals surface area contributed by atoms with Crippen molar-refractivity contribution in [1.29, 1.82) is 0 Å². The first-order valence-corrected chi connectivity index (χ1v) is 10.9. The summed E-state index contributed by atoms with van der Waals surface area (Å²) in [5.41, 5.74) is 0. The fourth-order valence-corrected chi connectivity index (χ4v) is 4.08. The molecule has 0 aliphatic carbocycles. The highest BCUT2D eigenvalue weighted by Gasteiger charge is 2.31. The lowest BCUT2D eigenvalue weighted by molar-refractivity contribution is -0.0432. The van der Waals surface area contributed by atoms with Gasteiger partial charge in [0.1, 0.15) is 0 Å². The third-order valence-electron chi connectivity index (χ3n) is 5.71. The molecule has 0 aromatic carbocycles. The van der Waals surface area contributed by atoms with Gasteiger partial charge in [-0.05, 0) is 51.5 Å². The average Bonchev–Trinajstić information content (AvgIpc) is 3.17. The number of rotatable bonds is 9. The topological polar surface area (TPSA) is 67.4 Å². The summed E-state index contributed by atoms with van der Waals surface area (Å²) in [5, 5.41) is 6.74. The number of fused-ring (bicyclic) bond motifs is 1. The van der Waals surface area contributed by atoms with Crippen LogP contribution in [0.25, 0.3) is 0 Å². The van der Waals surface area contributed by atoms with E-state index in [1.165, 1.54) is 19.4 Å². The van der Waals surface area contributed by atoms with Gasteiger partial charge in [0.15, 0.2) is 5.96 Å². The van der Waals surface area contributed by atoms with E-state index < -0.39 is 0 Å². The second-order valence-corrected chi connectivity index (χ2v) is 7.88. The van der Waals surface area contributed by atoms with Crippen molar-refractivity contribution in [2.75, 3.05) is 65.8 Å². The maximum absolute atomic E-state index is 6.00. The predicted octanol–water partition coefficient (Wildman–Crippen LogP) is 1.86. The molecule has 3 heterocycles. The van der Waals surface area contributed by atoms with Crippen LogP contribution in [0.4, 0.5) is 0 Å². The Balaban J connectivity index is 0.00000280. The lowest BCUT2D eigenvalue weighted by Gasteiger charge is -2.34. The van der Waals surface area contributed by atoms with Gasteiger partial charge in [-0.2, -0.15) is 0 Å². The number of halogens is 1. The second kappa shape index (κ2) is 14.0. The van der Waals surface area contributed by atoms with Crippen molar-refractivity contribution in [2.45, 2.75) is 51.2 Å². The number of aliphatic imine (C=N–C) groups is 1. The first-order valence-electron chi connectivity index (χ1n) is 10.9. The zero-order valence-corrected chi connectivity index (χ0v) is 19.7. The van der Waals surface area contributed by atoms with E-state index in [-0.39, 0.29) is 30.1 Å². The lowest BCUT2D eigenvalue weighted by atomic mass is 10.0. The zero-order valence-electron chi connectivity index (χ0n) is 17.4. The van der Waals surface area contributed by atoms with E-state index in [4.69, 9.17) is 19.2 Å². The van der Waals surface area contributed by atoms with E-state index in [0.29, 0.717) is 12.0 Å². The number of ether oxygens (including phenoxy) is 3. The summed E-state index contributed by atoms with van der Waals surface area (Å²) < 4.78 is 17.2. The molecule has 28 heavy (non-hydrogen) atoms. The van der Waals surface area contributed by atoms with Crippen molar-refractivity contribution < 1.29 is 14.2 Å². The monoisotopic (exact) mass is 510 g/mol. The average molecular weight is 510 g/mol. The van der Waals surface area contributed by atoms with E-state index in [1.54, 1.807) is 0 Å². The van der Waals surface area contributed by atoms with Gasteiger partial charge < -0.3 is 24.8 Å². The Bertz CT molecular complexity index is 449. The van der Waals surface area contributed by atoms with Crippen molar-refractivity contribution in [3.8, 4) is 0 Å². The summed E-state index contributed by atoms with van der Waals surface area (Å²) >= 11 is 0. The molecule has 3 rings (SSSR count). The molecule has 3 saturated heterocycles. The van der Waals surface area contributed by atoms with Gasteiger partial charge in [-0.15, -0.1) is 24.0 Å². The van der Waals surface area contributed by atoms with Crippen molar-refractivity contribution in [3.05, 3.63) is 0 Å². The highest BCUT2D eigenvalue weighted by Crippen LogP contribution is 2.22. The number of hydrogen-bond acceptors (Lipinski definition) is 5. The third-order valence-corrected chi connectivity index (χ3v) is 5.71. The van der Waals surface area contributed by atoms with Crippen LogP contribution in [0.1, 0.15) is 39.0 Å². The van der Waals surface area contributed by atoms with Crippen LogP contribution in [0.2, 0.25) is 0 Å². The van der Waals surface area contributed by atoms with Crippen LogP contribution in [0, 0.1) is 5.92 Å². The number of guanidine groups is 1. The number of nitrogens with zero attached hydrogens (tertiary/aromatic N) is 2. The first kappa shape index (κ1) is 24.1. The molecule has 0 bridgehead atoms. The minimum Gasteiger partial charge on any atom is -0.381 e. The molecule has 3 aliphatic rings. The van der Waals surface area contributed by atoms with Crippen molar-refractivity contribution in [2.24, 2.45) is 10.9 Å². The molecule has 0 amide bonds. The maximum atomic E-state index is 6.00. The Kier molecular flexibility index (Phi) is 12.0. The third kappa shape index (κ3) is 8.30. The van der Waals surface area contributed by atoms with Gasteiger partial charge >= 0.3 is 0 Å². The summed E-state index contributed by atoms with van der Waals surface area (Å²) in [6, 6.07) is 0.651. The van der Waals surface area contributed by atoms with Gasteiger partial charge in [0.25, 0.3) is 0 Å². The molecule has 2 unspecified atom stereocenters. The van der Waals surface area contributed by atoms with Gasteiger partial charge in [0, 0.05) is 52.1 Å².